The third-order valence-corrected chi connectivity index (χ3v) is 7.63. The summed E-state index contributed by atoms with van der Waals surface area (Å²) in [4.78, 5) is 52.7. The van der Waals surface area contributed by atoms with E-state index in [9.17, 15) is 19.2 Å². The Bertz CT molecular complexity index is 2110. The molecule has 0 fully saturated rings. The molecule has 0 spiro atoms. The van der Waals surface area contributed by atoms with E-state index in [4.69, 9.17) is 14.2 Å². The molecular weight excluding hydrogens is 572 g/mol. The van der Waals surface area contributed by atoms with Crippen LogP contribution in [-0.4, -0.2) is 53.1 Å². The van der Waals surface area contributed by atoms with E-state index >= 15 is 0 Å². The van der Waals surface area contributed by atoms with E-state index in [2.05, 4.69) is 0 Å². The lowest BCUT2D eigenvalue weighted by molar-refractivity contribution is 0.0527. The van der Waals surface area contributed by atoms with E-state index in [0.29, 0.717) is 44.7 Å². The Morgan fingerprint density at radius 1 is 0.622 bits per heavy atom. The standard InChI is InChI=1S/C36H28N2O7/c1-4-45-36(42)28-21-32(33(39)22-8-6-5-7-9-22)38-17-15-25(19-30(28)38)24-14-16-37-29(18-24)27(35(41)44-3)20-31(37)34(40)23-10-12-26(43-2)13-11-23/h5-21H,4H2,1-3H3. The van der Waals surface area contributed by atoms with E-state index in [1.54, 1.807) is 102 Å². The molecule has 2 aromatic carbocycles. The fraction of sp³-hybridized carbons (Fsp3) is 0.111. The number of pyridine rings is 2. The topological polar surface area (TPSA) is 105 Å². The van der Waals surface area contributed by atoms with Crippen molar-refractivity contribution in [3.8, 4) is 16.9 Å². The third kappa shape index (κ3) is 5.25. The van der Waals surface area contributed by atoms with Gasteiger partial charge in [-0.05, 0) is 78.7 Å². The lowest BCUT2D eigenvalue weighted by Crippen LogP contribution is -2.05. The highest BCUT2D eigenvalue weighted by Crippen LogP contribution is 2.30. The molecule has 4 heterocycles. The molecule has 6 aromatic rings. The Hall–Kier alpha value is -5.96. The average Bonchev–Trinajstić information content (AvgIpc) is 3.66. The van der Waals surface area contributed by atoms with E-state index in [1.807, 2.05) is 18.2 Å². The van der Waals surface area contributed by atoms with Gasteiger partial charge in [0, 0.05) is 23.5 Å². The summed E-state index contributed by atoms with van der Waals surface area (Å²) in [6.45, 7) is 1.90. The molecule has 0 radical (unpaired) electrons. The predicted molar refractivity (Wildman–Crippen MR) is 167 cm³/mol. The fourth-order valence-electron chi connectivity index (χ4n) is 5.38. The van der Waals surface area contributed by atoms with Crippen LogP contribution in [0.2, 0.25) is 0 Å². The number of hydrogen-bond acceptors (Lipinski definition) is 7. The summed E-state index contributed by atoms with van der Waals surface area (Å²) in [6.07, 6.45) is 3.44. The Morgan fingerprint density at radius 2 is 1.13 bits per heavy atom. The van der Waals surface area contributed by atoms with E-state index in [-0.39, 0.29) is 35.0 Å². The van der Waals surface area contributed by atoms with Crippen molar-refractivity contribution >= 4 is 34.5 Å². The maximum absolute atomic E-state index is 13.5. The smallest absolute Gasteiger partial charge is 0.340 e. The first-order valence-electron chi connectivity index (χ1n) is 14.2. The van der Waals surface area contributed by atoms with Gasteiger partial charge in [0.05, 0.1) is 54.4 Å². The largest absolute Gasteiger partial charge is 0.497 e. The summed E-state index contributed by atoms with van der Waals surface area (Å²) in [5.74, 6) is -1.03. The number of hydrogen-bond donors (Lipinski definition) is 0. The summed E-state index contributed by atoms with van der Waals surface area (Å²) < 4.78 is 18.9. The highest BCUT2D eigenvalue weighted by Gasteiger charge is 2.24. The van der Waals surface area contributed by atoms with Gasteiger partial charge in [0.25, 0.3) is 0 Å². The van der Waals surface area contributed by atoms with E-state index < -0.39 is 11.9 Å². The van der Waals surface area contributed by atoms with Crippen LogP contribution in [0.4, 0.5) is 0 Å². The summed E-state index contributed by atoms with van der Waals surface area (Å²) >= 11 is 0. The van der Waals surface area contributed by atoms with Crippen LogP contribution in [0, 0.1) is 0 Å². The Kier molecular flexibility index (Phi) is 7.75. The van der Waals surface area contributed by atoms with Crippen LogP contribution < -0.4 is 4.74 Å². The third-order valence-electron chi connectivity index (χ3n) is 7.63. The number of esters is 2. The normalized spacial score (nSPS) is 11.0. The fourth-order valence-corrected chi connectivity index (χ4v) is 5.38. The van der Waals surface area contributed by atoms with E-state index in [0.717, 1.165) is 0 Å². The Balaban J connectivity index is 1.47. The van der Waals surface area contributed by atoms with E-state index in [1.165, 1.54) is 13.2 Å². The lowest BCUT2D eigenvalue weighted by Gasteiger charge is -2.09. The SMILES string of the molecule is CCOC(=O)c1cc(C(=O)c2ccccc2)n2ccc(-c3ccn4c(C(=O)c5ccc(OC)cc5)cc(C(=O)OC)c4c3)cc12. The van der Waals surface area contributed by atoms with Gasteiger partial charge in [-0.3, -0.25) is 9.59 Å². The maximum Gasteiger partial charge on any atom is 0.340 e. The number of carbonyl (C=O) groups excluding carboxylic acids is 4. The number of fused-ring (bicyclic) bond motifs is 2. The monoisotopic (exact) mass is 600 g/mol. The molecule has 0 N–H and O–H groups in total. The number of ether oxygens (including phenoxy) is 3. The molecule has 224 valence electrons. The number of aromatic nitrogens is 2. The van der Waals surface area contributed by atoms with Crippen LogP contribution in [-0.2, 0) is 9.47 Å². The number of methoxy groups -OCH3 is 2. The number of carbonyl (C=O) groups is 4. The van der Waals surface area contributed by atoms with Crippen molar-refractivity contribution in [2.75, 3.05) is 20.8 Å². The predicted octanol–water partition coefficient (Wildman–Crippen LogP) is 6.29. The summed E-state index contributed by atoms with van der Waals surface area (Å²) in [6, 6.07) is 25.8. The molecule has 0 saturated carbocycles. The number of nitrogens with zero attached hydrogens (tertiary/aromatic N) is 2. The van der Waals surface area contributed by atoms with Gasteiger partial charge in [-0.2, -0.15) is 0 Å². The summed E-state index contributed by atoms with van der Waals surface area (Å²) in [5, 5.41) is 0. The van der Waals surface area contributed by atoms with Crippen LogP contribution in [0.25, 0.3) is 22.2 Å². The van der Waals surface area contributed by atoms with Gasteiger partial charge in [0.2, 0.25) is 11.6 Å². The van der Waals surface area contributed by atoms with Crippen molar-refractivity contribution in [1.29, 1.82) is 0 Å². The molecule has 0 atom stereocenters. The molecule has 9 heteroatoms. The molecule has 6 rings (SSSR count). The zero-order valence-electron chi connectivity index (χ0n) is 24.8. The second-order valence-electron chi connectivity index (χ2n) is 10.2. The molecule has 0 unspecified atom stereocenters. The van der Waals surface area contributed by atoms with Crippen LogP contribution >= 0.6 is 0 Å². The first kappa shape index (κ1) is 29.1. The van der Waals surface area contributed by atoms with Gasteiger partial charge in [0.1, 0.15) is 5.75 Å². The van der Waals surface area contributed by atoms with Gasteiger partial charge < -0.3 is 23.0 Å². The molecule has 4 aromatic heterocycles. The first-order chi connectivity index (χ1) is 21.8. The molecule has 45 heavy (non-hydrogen) atoms. The first-order valence-corrected chi connectivity index (χ1v) is 14.2. The molecule has 0 amide bonds. The minimum atomic E-state index is -0.589. The highest BCUT2D eigenvalue weighted by atomic mass is 16.5. The minimum absolute atomic E-state index is 0.177. The average molecular weight is 601 g/mol. The van der Waals surface area contributed by atoms with Gasteiger partial charge in [-0.15, -0.1) is 0 Å². The zero-order valence-corrected chi connectivity index (χ0v) is 24.8. The Labute approximate surface area is 258 Å². The minimum Gasteiger partial charge on any atom is -0.497 e. The van der Waals surface area contributed by atoms with Crippen LogP contribution in [0.3, 0.4) is 0 Å². The molecule has 0 aliphatic carbocycles. The summed E-state index contributed by atoms with van der Waals surface area (Å²) in [7, 11) is 2.83. The van der Waals surface area contributed by atoms with Crippen LogP contribution in [0.15, 0.2) is 103 Å². The molecule has 9 nitrogen and oxygen atoms in total. The maximum atomic E-state index is 13.5. The van der Waals surface area contributed by atoms with Crippen LogP contribution in [0.1, 0.15) is 59.7 Å². The van der Waals surface area contributed by atoms with Gasteiger partial charge >= 0.3 is 11.9 Å². The van der Waals surface area contributed by atoms with Crippen LogP contribution in [0.5, 0.6) is 5.75 Å². The molecular formula is C36H28N2O7. The number of ketones is 2. The Morgan fingerprint density at radius 3 is 1.62 bits per heavy atom. The highest BCUT2D eigenvalue weighted by molar-refractivity contribution is 6.12. The van der Waals surface area contributed by atoms with Crippen molar-refractivity contribution in [2.24, 2.45) is 0 Å². The summed E-state index contributed by atoms with van der Waals surface area (Å²) in [5.41, 5.74) is 4.40. The van der Waals surface area contributed by atoms with Crippen molar-refractivity contribution in [3.05, 3.63) is 137 Å². The lowest BCUT2D eigenvalue weighted by atomic mass is 10.1. The molecule has 0 bridgehead atoms. The number of rotatable bonds is 9. The quantitative estimate of drug-likeness (QED) is 0.142. The van der Waals surface area contributed by atoms with Crippen molar-refractivity contribution in [1.82, 2.24) is 8.80 Å². The van der Waals surface area contributed by atoms with Gasteiger partial charge in [-0.25, -0.2) is 9.59 Å². The second kappa shape index (κ2) is 12.0. The second-order valence-corrected chi connectivity index (χ2v) is 10.2. The molecule has 0 aliphatic heterocycles. The zero-order chi connectivity index (χ0) is 31.7. The number of benzene rings is 2. The van der Waals surface area contributed by atoms with Crippen molar-refractivity contribution in [2.45, 2.75) is 6.92 Å². The molecule has 0 aliphatic rings. The molecule has 0 saturated heterocycles. The van der Waals surface area contributed by atoms with Gasteiger partial charge in [0.15, 0.2) is 0 Å². The van der Waals surface area contributed by atoms with Crippen molar-refractivity contribution in [3.63, 3.8) is 0 Å². The van der Waals surface area contributed by atoms with Gasteiger partial charge in [-0.1, -0.05) is 30.3 Å². The van der Waals surface area contributed by atoms with Crippen molar-refractivity contribution < 1.29 is 33.4 Å².